The van der Waals surface area contributed by atoms with Crippen LogP contribution < -0.4 is 10.1 Å². The zero-order valence-corrected chi connectivity index (χ0v) is 10.9. The fourth-order valence-corrected chi connectivity index (χ4v) is 1.50. The van der Waals surface area contributed by atoms with Gasteiger partial charge < -0.3 is 15.2 Å². The second kappa shape index (κ2) is 7.14. The Kier molecular flexibility index (Phi) is 5.82. The summed E-state index contributed by atoms with van der Waals surface area (Å²) >= 11 is 0. The van der Waals surface area contributed by atoms with Crippen LogP contribution >= 0.6 is 0 Å². The lowest BCUT2D eigenvalue weighted by Crippen LogP contribution is -2.36. The van der Waals surface area contributed by atoms with E-state index in [1.807, 2.05) is 0 Å². The van der Waals surface area contributed by atoms with Gasteiger partial charge in [-0.2, -0.15) is 13.2 Å². The highest BCUT2D eigenvalue weighted by Crippen LogP contribution is 2.26. The Morgan fingerprint density at radius 2 is 2.05 bits per heavy atom. The number of ether oxygens (including phenoxy) is 1. The van der Waals surface area contributed by atoms with Crippen LogP contribution in [0.4, 0.5) is 13.2 Å². The van der Waals surface area contributed by atoms with Crippen molar-refractivity contribution >= 4 is 5.91 Å². The first-order chi connectivity index (χ1) is 9.33. The minimum absolute atomic E-state index is 0.281. The van der Waals surface area contributed by atoms with Crippen molar-refractivity contribution in [3.05, 3.63) is 29.8 Å². The third-order valence-electron chi connectivity index (χ3n) is 2.51. The maximum absolute atomic E-state index is 11.9. The first-order valence-electron chi connectivity index (χ1n) is 6.06. The molecule has 112 valence electrons. The van der Waals surface area contributed by atoms with Crippen LogP contribution in [0.15, 0.2) is 24.3 Å². The first kappa shape index (κ1) is 16.3. The predicted octanol–water partition coefficient (Wildman–Crippen LogP) is 2.19. The number of carbonyl (C=O) groups is 1. The van der Waals surface area contributed by atoms with Crippen LogP contribution in [-0.4, -0.2) is 30.3 Å². The summed E-state index contributed by atoms with van der Waals surface area (Å²) in [6, 6.07) is 6.53. The van der Waals surface area contributed by atoms with E-state index in [0.29, 0.717) is 12.0 Å². The summed E-state index contributed by atoms with van der Waals surface area (Å²) in [6.45, 7) is -0.157. The number of hydrogen-bond acceptors (Lipinski definition) is 3. The number of amides is 1. The molecule has 0 aromatic heterocycles. The summed E-state index contributed by atoms with van der Waals surface area (Å²) in [6.07, 6.45) is -4.74. The van der Waals surface area contributed by atoms with Crippen LogP contribution in [0, 0.1) is 0 Å². The van der Waals surface area contributed by atoms with E-state index in [9.17, 15) is 23.1 Å². The van der Waals surface area contributed by atoms with Gasteiger partial charge in [0, 0.05) is 5.56 Å². The van der Waals surface area contributed by atoms with Crippen molar-refractivity contribution in [3.63, 3.8) is 0 Å². The molecule has 0 saturated heterocycles. The molecule has 1 unspecified atom stereocenters. The molecule has 20 heavy (non-hydrogen) atoms. The van der Waals surface area contributed by atoms with E-state index < -0.39 is 31.3 Å². The van der Waals surface area contributed by atoms with E-state index in [1.165, 1.54) is 0 Å². The average molecular weight is 291 g/mol. The van der Waals surface area contributed by atoms with Crippen LogP contribution in [0.3, 0.4) is 0 Å². The van der Waals surface area contributed by atoms with Gasteiger partial charge in [-0.25, -0.2) is 0 Å². The third kappa shape index (κ3) is 5.48. The molecule has 0 radical (unpaired) electrons. The molecule has 1 amide bonds. The van der Waals surface area contributed by atoms with E-state index in [2.05, 4.69) is 0 Å². The number of alkyl halides is 3. The van der Waals surface area contributed by atoms with Gasteiger partial charge in [0.1, 0.15) is 12.3 Å². The number of hydrogen-bond donors (Lipinski definition) is 2. The largest absolute Gasteiger partial charge is 0.483 e. The van der Waals surface area contributed by atoms with Crippen LogP contribution in [-0.2, 0) is 4.79 Å². The van der Waals surface area contributed by atoms with Crippen LogP contribution in [0.1, 0.15) is 25.0 Å². The molecule has 0 spiro atoms. The quantitative estimate of drug-likeness (QED) is 0.844. The molecule has 1 aromatic carbocycles. The summed E-state index contributed by atoms with van der Waals surface area (Å²) in [7, 11) is 0. The molecule has 0 bridgehead atoms. The molecule has 1 atom stereocenters. The number of benzene rings is 1. The molecular formula is C13H16F3NO3. The lowest BCUT2D eigenvalue weighted by atomic mass is 10.1. The Balaban J connectivity index is 2.55. The number of halogens is 3. The summed E-state index contributed by atoms with van der Waals surface area (Å²) in [5.74, 6) is -0.591. The molecule has 1 aromatic rings. The minimum atomic E-state index is -4.45. The van der Waals surface area contributed by atoms with Crippen molar-refractivity contribution in [2.75, 3.05) is 13.2 Å². The van der Waals surface area contributed by atoms with Gasteiger partial charge >= 0.3 is 6.18 Å². The number of carbonyl (C=O) groups excluding carboxylic acids is 1. The van der Waals surface area contributed by atoms with E-state index in [1.54, 1.807) is 36.5 Å². The van der Waals surface area contributed by atoms with E-state index in [0.717, 1.165) is 0 Å². The molecule has 0 fully saturated rings. The average Bonchev–Trinajstić information content (AvgIpc) is 2.41. The molecule has 4 nitrogen and oxygen atoms in total. The summed E-state index contributed by atoms with van der Waals surface area (Å²) in [5.41, 5.74) is 0.499. The van der Waals surface area contributed by atoms with Gasteiger partial charge in [0.25, 0.3) is 5.91 Å². The maximum Gasteiger partial charge on any atom is 0.405 e. The Labute approximate surface area is 114 Å². The molecular weight excluding hydrogens is 275 g/mol. The van der Waals surface area contributed by atoms with Gasteiger partial charge in [-0.3, -0.25) is 4.79 Å². The zero-order valence-electron chi connectivity index (χ0n) is 10.9. The highest BCUT2D eigenvalue weighted by Gasteiger charge is 2.27. The van der Waals surface area contributed by atoms with Gasteiger partial charge in [-0.05, 0) is 12.5 Å². The fraction of sp³-hybridized carbons (Fsp3) is 0.462. The number of para-hydroxylation sites is 1. The van der Waals surface area contributed by atoms with Crippen LogP contribution in [0.2, 0.25) is 0 Å². The Morgan fingerprint density at radius 1 is 1.40 bits per heavy atom. The SMILES string of the molecule is CCC(O)c1ccccc1OCC(=O)NCC(F)(F)F. The van der Waals surface area contributed by atoms with Gasteiger partial charge in [-0.15, -0.1) is 0 Å². The molecule has 0 aliphatic heterocycles. The fourth-order valence-electron chi connectivity index (χ4n) is 1.50. The molecule has 0 saturated carbocycles. The molecule has 1 rings (SSSR count). The van der Waals surface area contributed by atoms with Gasteiger partial charge in [-0.1, -0.05) is 25.1 Å². The van der Waals surface area contributed by atoms with Crippen LogP contribution in [0.25, 0.3) is 0 Å². The third-order valence-corrected chi connectivity index (χ3v) is 2.51. The highest BCUT2D eigenvalue weighted by atomic mass is 19.4. The number of aliphatic hydroxyl groups is 1. The highest BCUT2D eigenvalue weighted by molar-refractivity contribution is 5.77. The maximum atomic E-state index is 11.9. The Bertz CT molecular complexity index is 449. The molecule has 0 heterocycles. The Morgan fingerprint density at radius 3 is 2.65 bits per heavy atom. The van der Waals surface area contributed by atoms with Crippen molar-refractivity contribution in [2.45, 2.75) is 25.6 Å². The lowest BCUT2D eigenvalue weighted by molar-refractivity contribution is -0.139. The van der Waals surface area contributed by atoms with Crippen molar-refractivity contribution in [3.8, 4) is 5.75 Å². The summed E-state index contributed by atoms with van der Waals surface area (Å²) in [4.78, 5) is 11.2. The molecule has 0 aliphatic rings. The number of rotatable bonds is 6. The predicted molar refractivity (Wildman–Crippen MR) is 66.3 cm³/mol. The second-order valence-corrected chi connectivity index (χ2v) is 4.14. The smallest absolute Gasteiger partial charge is 0.405 e. The summed E-state index contributed by atoms with van der Waals surface area (Å²) < 4.78 is 40.9. The van der Waals surface area contributed by atoms with E-state index in [-0.39, 0.29) is 5.75 Å². The van der Waals surface area contributed by atoms with Crippen molar-refractivity contribution in [1.82, 2.24) is 5.32 Å². The van der Waals surface area contributed by atoms with Gasteiger partial charge in [0.2, 0.25) is 0 Å². The lowest BCUT2D eigenvalue weighted by Gasteiger charge is -2.15. The van der Waals surface area contributed by atoms with E-state index >= 15 is 0 Å². The van der Waals surface area contributed by atoms with Crippen molar-refractivity contribution in [1.29, 1.82) is 0 Å². The first-order valence-corrected chi connectivity index (χ1v) is 6.06. The number of nitrogens with one attached hydrogen (secondary N) is 1. The number of aliphatic hydroxyl groups excluding tert-OH is 1. The van der Waals surface area contributed by atoms with Gasteiger partial charge in [0.05, 0.1) is 6.10 Å². The van der Waals surface area contributed by atoms with Gasteiger partial charge in [0.15, 0.2) is 6.61 Å². The topological polar surface area (TPSA) is 58.6 Å². The second-order valence-electron chi connectivity index (χ2n) is 4.14. The molecule has 0 aliphatic carbocycles. The Hall–Kier alpha value is -1.76. The zero-order chi connectivity index (χ0) is 15.2. The van der Waals surface area contributed by atoms with E-state index in [4.69, 9.17) is 4.74 Å². The van der Waals surface area contributed by atoms with Crippen LogP contribution in [0.5, 0.6) is 5.75 Å². The molecule has 2 N–H and O–H groups in total. The standard InChI is InChI=1S/C13H16F3NO3/c1-2-10(18)9-5-3-4-6-11(9)20-7-12(19)17-8-13(14,15)16/h3-6,10,18H,2,7-8H2,1H3,(H,17,19). The van der Waals surface area contributed by atoms with Crippen molar-refractivity contribution < 1.29 is 27.8 Å². The minimum Gasteiger partial charge on any atom is -0.483 e. The normalized spacial score (nSPS) is 12.8. The monoisotopic (exact) mass is 291 g/mol. The van der Waals surface area contributed by atoms with Crippen molar-refractivity contribution in [2.24, 2.45) is 0 Å². The molecule has 7 heteroatoms. The summed E-state index contributed by atoms with van der Waals surface area (Å²) in [5, 5.41) is 11.5.